The van der Waals surface area contributed by atoms with Crippen molar-refractivity contribution in [2.75, 3.05) is 51.5 Å². The van der Waals surface area contributed by atoms with Gasteiger partial charge in [-0.05, 0) is 31.4 Å². The highest BCUT2D eigenvalue weighted by molar-refractivity contribution is 5.78. The third-order valence-corrected chi connectivity index (χ3v) is 5.40. The van der Waals surface area contributed by atoms with Gasteiger partial charge in [0.15, 0.2) is 0 Å². The van der Waals surface area contributed by atoms with Crippen LogP contribution >= 0.6 is 0 Å². The standard InChI is InChI=1S/C18H24F3N3O3/c1-26-13-16(25)24-9-8-23(7-3-17(24)4-10-27-11-5-17)15-12-14(2-6-22-15)18(19,20)21/h2,6,12H,3-5,7-11,13H2,1H3. The molecule has 6 nitrogen and oxygen atoms in total. The molecule has 0 bridgehead atoms. The van der Waals surface area contributed by atoms with Gasteiger partial charge in [-0.2, -0.15) is 13.2 Å². The molecule has 9 heteroatoms. The van der Waals surface area contributed by atoms with Gasteiger partial charge in [0.1, 0.15) is 12.4 Å². The van der Waals surface area contributed by atoms with E-state index in [0.29, 0.717) is 52.1 Å². The van der Waals surface area contributed by atoms with E-state index in [9.17, 15) is 18.0 Å². The summed E-state index contributed by atoms with van der Waals surface area (Å²) < 4.78 is 49.6. The lowest BCUT2D eigenvalue weighted by atomic mass is 9.84. The topological polar surface area (TPSA) is 54.9 Å². The Hall–Kier alpha value is -1.87. The van der Waals surface area contributed by atoms with Gasteiger partial charge in [-0.15, -0.1) is 0 Å². The fraction of sp³-hybridized carbons (Fsp3) is 0.667. The summed E-state index contributed by atoms with van der Waals surface area (Å²) in [4.78, 5) is 20.4. The lowest BCUT2D eigenvalue weighted by molar-refractivity contribution is -0.145. The van der Waals surface area contributed by atoms with Gasteiger partial charge in [-0.1, -0.05) is 0 Å². The molecule has 0 radical (unpaired) electrons. The molecule has 27 heavy (non-hydrogen) atoms. The maximum atomic E-state index is 13.0. The van der Waals surface area contributed by atoms with E-state index in [4.69, 9.17) is 9.47 Å². The average Bonchev–Trinajstić information content (AvgIpc) is 2.82. The van der Waals surface area contributed by atoms with Crippen molar-refractivity contribution < 1.29 is 27.4 Å². The lowest BCUT2D eigenvalue weighted by Crippen LogP contribution is -2.55. The van der Waals surface area contributed by atoms with Crippen LogP contribution in [0.1, 0.15) is 24.8 Å². The van der Waals surface area contributed by atoms with Crippen LogP contribution < -0.4 is 4.90 Å². The van der Waals surface area contributed by atoms with E-state index >= 15 is 0 Å². The average molecular weight is 387 g/mol. The summed E-state index contributed by atoms with van der Waals surface area (Å²) in [6, 6.07) is 2.04. The smallest absolute Gasteiger partial charge is 0.381 e. The molecule has 3 rings (SSSR count). The first-order chi connectivity index (χ1) is 12.9. The van der Waals surface area contributed by atoms with Crippen molar-refractivity contribution in [2.24, 2.45) is 0 Å². The van der Waals surface area contributed by atoms with Crippen LogP contribution in [0.25, 0.3) is 0 Å². The van der Waals surface area contributed by atoms with Crippen molar-refractivity contribution in [2.45, 2.75) is 31.0 Å². The summed E-state index contributed by atoms with van der Waals surface area (Å²) in [6.45, 7) is 2.50. The molecule has 150 valence electrons. The van der Waals surface area contributed by atoms with Gasteiger partial charge in [-0.3, -0.25) is 4.79 Å². The predicted octanol–water partition coefficient (Wildman–Crippen LogP) is 2.33. The molecule has 1 aromatic rings. The zero-order valence-electron chi connectivity index (χ0n) is 15.3. The van der Waals surface area contributed by atoms with Crippen LogP contribution in [-0.4, -0.2) is 67.9 Å². The number of aromatic nitrogens is 1. The molecule has 2 aliphatic rings. The van der Waals surface area contributed by atoms with Crippen LogP contribution in [0.15, 0.2) is 18.3 Å². The molecule has 2 aliphatic heterocycles. The molecule has 0 aromatic carbocycles. The minimum absolute atomic E-state index is 0.00951. The first-order valence-electron chi connectivity index (χ1n) is 9.01. The highest BCUT2D eigenvalue weighted by atomic mass is 19.4. The van der Waals surface area contributed by atoms with Crippen LogP contribution in [0, 0.1) is 0 Å². The molecule has 1 spiro atoms. The Morgan fingerprint density at radius 1 is 1.26 bits per heavy atom. The third-order valence-electron chi connectivity index (χ3n) is 5.40. The van der Waals surface area contributed by atoms with Crippen LogP contribution in [0.5, 0.6) is 0 Å². The fourth-order valence-corrected chi connectivity index (χ4v) is 3.91. The van der Waals surface area contributed by atoms with E-state index < -0.39 is 11.7 Å². The maximum absolute atomic E-state index is 13.0. The number of pyridine rings is 1. The molecule has 1 aromatic heterocycles. The Morgan fingerprint density at radius 3 is 2.67 bits per heavy atom. The number of methoxy groups -OCH3 is 1. The molecular weight excluding hydrogens is 363 g/mol. The zero-order valence-corrected chi connectivity index (χ0v) is 15.3. The Kier molecular flexibility index (Phi) is 5.90. The summed E-state index contributed by atoms with van der Waals surface area (Å²) in [7, 11) is 1.48. The number of carbonyl (C=O) groups excluding carboxylic acids is 1. The molecule has 2 fully saturated rings. The van der Waals surface area contributed by atoms with Crippen molar-refractivity contribution >= 4 is 11.7 Å². The Bertz CT molecular complexity index is 663. The van der Waals surface area contributed by atoms with Crippen LogP contribution in [0.4, 0.5) is 19.0 Å². The normalized spacial score (nSPS) is 20.6. The van der Waals surface area contributed by atoms with Gasteiger partial charge in [0.25, 0.3) is 0 Å². The zero-order chi connectivity index (χ0) is 19.5. The number of hydrogen-bond donors (Lipinski definition) is 0. The molecule has 0 aliphatic carbocycles. The molecule has 3 heterocycles. The number of ether oxygens (including phenoxy) is 2. The van der Waals surface area contributed by atoms with Gasteiger partial charge in [0, 0.05) is 51.7 Å². The van der Waals surface area contributed by atoms with Gasteiger partial charge in [0.05, 0.1) is 5.56 Å². The van der Waals surface area contributed by atoms with Crippen LogP contribution in [0.3, 0.4) is 0 Å². The van der Waals surface area contributed by atoms with E-state index in [1.54, 1.807) is 0 Å². The molecule has 0 saturated carbocycles. The Labute approximate surface area is 156 Å². The number of amides is 1. The molecule has 1 amide bonds. The largest absolute Gasteiger partial charge is 0.416 e. The maximum Gasteiger partial charge on any atom is 0.416 e. The number of alkyl halides is 3. The summed E-state index contributed by atoms with van der Waals surface area (Å²) in [5.41, 5.74) is -1.06. The van der Waals surface area contributed by atoms with E-state index in [1.165, 1.54) is 13.3 Å². The van der Waals surface area contributed by atoms with Crippen LogP contribution in [0.2, 0.25) is 0 Å². The summed E-state index contributed by atoms with van der Waals surface area (Å²) in [5.74, 6) is 0.186. The Balaban J connectivity index is 1.84. The van der Waals surface area contributed by atoms with Crippen molar-refractivity contribution in [3.63, 3.8) is 0 Å². The Morgan fingerprint density at radius 2 is 2.00 bits per heavy atom. The summed E-state index contributed by atoms with van der Waals surface area (Å²) in [5, 5.41) is 0. The molecule has 2 saturated heterocycles. The fourth-order valence-electron chi connectivity index (χ4n) is 3.91. The minimum Gasteiger partial charge on any atom is -0.381 e. The van der Waals surface area contributed by atoms with Crippen molar-refractivity contribution in [1.29, 1.82) is 0 Å². The predicted molar refractivity (Wildman–Crippen MR) is 92.4 cm³/mol. The number of carbonyl (C=O) groups is 1. The highest BCUT2D eigenvalue weighted by Crippen LogP contribution is 2.35. The third kappa shape index (κ3) is 4.35. The molecule has 0 unspecified atom stereocenters. The van der Waals surface area contributed by atoms with Crippen LogP contribution in [-0.2, 0) is 20.4 Å². The second kappa shape index (κ2) is 8.02. The van der Waals surface area contributed by atoms with Gasteiger partial charge < -0.3 is 19.3 Å². The molecule has 0 atom stereocenters. The molecule has 0 N–H and O–H groups in total. The minimum atomic E-state index is -4.41. The van der Waals surface area contributed by atoms with E-state index in [0.717, 1.165) is 12.1 Å². The number of hydrogen-bond acceptors (Lipinski definition) is 5. The first-order valence-corrected chi connectivity index (χ1v) is 9.01. The first kappa shape index (κ1) is 19.9. The second-order valence-corrected chi connectivity index (χ2v) is 6.95. The lowest BCUT2D eigenvalue weighted by Gasteiger charge is -2.45. The van der Waals surface area contributed by atoms with Crippen molar-refractivity contribution in [1.82, 2.24) is 9.88 Å². The summed E-state index contributed by atoms with van der Waals surface area (Å²) >= 11 is 0. The number of nitrogens with zero attached hydrogens (tertiary/aromatic N) is 3. The van der Waals surface area contributed by atoms with Gasteiger partial charge >= 0.3 is 6.18 Å². The van der Waals surface area contributed by atoms with Crippen molar-refractivity contribution in [3.05, 3.63) is 23.9 Å². The van der Waals surface area contributed by atoms with Gasteiger partial charge in [-0.25, -0.2) is 4.98 Å². The van der Waals surface area contributed by atoms with Crippen molar-refractivity contribution in [3.8, 4) is 0 Å². The SMILES string of the molecule is COCC(=O)N1CCN(c2cc(C(F)(F)F)ccn2)CCC12CCOCC2. The number of halogens is 3. The van der Waals surface area contributed by atoms with E-state index in [-0.39, 0.29) is 23.9 Å². The second-order valence-electron chi connectivity index (χ2n) is 6.95. The van der Waals surface area contributed by atoms with E-state index in [1.807, 2.05) is 9.80 Å². The number of anilines is 1. The molecular formula is C18H24F3N3O3. The quantitative estimate of drug-likeness (QED) is 0.797. The van der Waals surface area contributed by atoms with E-state index in [2.05, 4.69) is 4.98 Å². The van der Waals surface area contributed by atoms with Gasteiger partial charge in [0.2, 0.25) is 5.91 Å². The summed E-state index contributed by atoms with van der Waals surface area (Å²) in [6.07, 6.45) is -1.14. The monoisotopic (exact) mass is 387 g/mol. The number of rotatable bonds is 3. The highest BCUT2D eigenvalue weighted by Gasteiger charge is 2.43.